The van der Waals surface area contributed by atoms with Crippen molar-refractivity contribution in [2.24, 2.45) is 0 Å². The van der Waals surface area contributed by atoms with Crippen molar-refractivity contribution in [1.29, 1.82) is 0 Å². The Morgan fingerprint density at radius 3 is 2.62 bits per heavy atom. The van der Waals surface area contributed by atoms with Gasteiger partial charge < -0.3 is 10.1 Å². The SMILES string of the molecule is CCCNCCCOc1ccc([N+](=O)[O-])c2ccccc12. The van der Waals surface area contributed by atoms with E-state index in [2.05, 4.69) is 12.2 Å². The number of ether oxygens (including phenoxy) is 1. The van der Waals surface area contributed by atoms with Gasteiger partial charge in [-0.1, -0.05) is 25.1 Å². The lowest BCUT2D eigenvalue weighted by Crippen LogP contribution is -2.18. The highest BCUT2D eigenvalue weighted by Crippen LogP contribution is 2.32. The van der Waals surface area contributed by atoms with E-state index in [1.165, 1.54) is 6.07 Å². The molecule has 0 aromatic heterocycles. The van der Waals surface area contributed by atoms with Gasteiger partial charge in [-0.25, -0.2) is 0 Å². The number of nitro benzene ring substituents is 1. The van der Waals surface area contributed by atoms with Crippen molar-refractivity contribution >= 4 is 16.5 Å². The van der Waals surface area contributed by atoms with Gasteiger partial charge >= 0.3 is 0 Å². The molecule has 0 unspecified atom stereocenters. The Balaban J connectivity index is 2.07. The molecule has 0 fully saturated rings. The molecule has 0 aliphatic carbocycles. The molecule has 0 aliphatic rings. The van der Waals surface area contributed by atoms with Gasteiger partial charge in [0.25, 0.3) is 5.69 Å². The number of rotatable bonds is 8. The number of nitrogens with zero attached hydrogens (tertiary/aromatic N) is 1. The summed E-state index contributed by atoms with van der Waals surface area (Å²) in [4.78, 5) is 10.7. The molecule has 0 amide bonds. The number of hydrogen-bond acceptors (Lipinski definition) is 4. The van der Waals surface area contributed by atoms with Crippen LogP contribution >= 0.6 is 0 Å². The maximum absolute atomic E-state index is 11.0. The molecule has 112 valence electrons. The summed E-state index contributed by atoms with van der Waals surface area (Å²) in [5.74, 6) is 0.701. The third-order valence-corrected chi connectivity index (χ3v) is 3.24. The number of non-ortho nitro benzene ring substituents is 1. The van der Waals surface area contributed by atoms with E-state index in [1.807, 2.05) is 12.1 Å². The van der Waals surface area contributed by atoms with Gasteiger partial charge in [0.05, 0.1) is 16.9 Å². The van der Waals surface area contributed by atoms with Crippen molar-refractivity contribution in [3.63, 3.8) is 0 Å². The molecule has 0 heterocycles. The fraction of sp³-hybridized carbons (Fsp3) is 0.375. The lowest BCUT2D eigenvalue weighted by molar-refractivity contribution is -0.383. The highest BCUT2D eigenvalue weighted by molar-refractivity contribution is 5.95. The first-order valence-electron chi connectivity index (χ1n) is 7.23. The van der Waals surface area contributed by atoms with Crippen molar-refractivity contribution in [2.75, 3.05) is 19.7 Å². The Morgan fingerprint density at radius 1 is 1.14 bits per heavy atom. The summed E-state index contributed by atoms with van der Waals surface area (Å²) in [6.07, 6.45) is 2.03. The molecule has 2 aromatic carbocycles. The van der Waals surface area contributed by atoms with Crippen LogP contribution in [0.15, 0.2) is 36.4 Å². The van der Waals surface area contributed by atoms with Crippen LogP contribution in [-0.2, 0) is 0 Å². The van der Waals surface area contributed by atoms with Crippen molar-refractivity contribution in [1.82, 2.24) is 5.32 Å². The Kier molecular flexibility index (Phi) is 5.51. The molecule has 0 aliphatic heterocycles. The van der Waals surface area contributed by atoms with Crippen LogP contribution in [-0.4, -0.2) is 24.6 Å². The number of hydrogen-bond donors (Lipinski definition) is 1. The van der Waals surface area contributed by atoms with Crippen molar-refractivity contribution in [2.45, 2.75) is 19.8 Å². The van der Waals surface area contributed by atoms with Gasteiger partial charge in [-0.2, -0.15) is 0 Å². The van der Waals surface area contributed by atoms with Crippen LogP contribution in [0, 0.1) is 10.1 Å². The zero-order chi connectivity index (χ0) is 15.1. The molecule has 21 heavy (non-hydrogen) atoms. The molecule has 2 aromatic rings. The van der Waals surface area contributed by atoms with Gasteiger partial charge in [0.15, 0.2) is 0 Å². The quantitative estimate of drug-likeness (QED) is 0.458. The summed E-state index contributed by atoms with van der Waals surface area (Å²) in [5.41, 5.74) is 0.113. The second-order valence-electron chi connectivity index (χ2n) is 4.84. The first kappa shape index (κ1) is 15.3. The highest BCUT2D eigenvalue weighted by atomic mass is 16.6. The van der Waals surface area contributed by atoms with Crippen LogP contribution in [0.25, 0.3) is 10.8 Å². The van der Waals surface area contributed by atoms with Gasteiger partial charge in [-0.15, -0.1) is 0 Å². The molecule has 5 nitrogen and oxygen atoms in total. The van der Waals surface area contributed by atoms with Crippen LogP contribution in [0.5, 0.6) is 5.75 Å². The smallest absolute Gasteiger partial charge is 0.277 e. The molecule has 0 saturated heterocycles. The normalized spacial score (nSPS) is 10.7. The highest BCUT2D eigenvalue weighted by Gasteiger charge is 2.14. The third-order valence-electron chi connectivity index (χ3n) is 3.24. The standard InChI is InChI=1S/C16H20N2O3/c1-2-10-17-11-5-12-21-16-9-8-15(18(19)20)13-6-3-4-7-14(13)16/h3-4,6-9,17H,2,5,10-12H2,1H3. The van der Waals surface area contributed by atoms with Gasteiger partial charge in [-0.3, -0.25) is 10.1 Å². The van der Waals surface area contributed by atoms with E-state index in [-0.39, 0.29) is 10.6 Å². The van der Waals surface area contributed by atoms with Gasteiger partial charge in [0.2, 0.25) is 0 Å². The maximum Gasteiger partial charge on any atom is 0.277 e. The van der Waals surface area contributed by atoms with Gasteiger partial charge in [-0.05, 0) is 38.1 Å². The molecular weight excluding hydrogens is 268 g/mol. The molecule has 0 radical (unpaired) electrons. The van der Waals surface area contributed by atoms with Crippen molar-refractivity contribution in [3.05, 3.63) is 46.5 Å². The summed E-state index contributed by atoms with van der Waals surface area (Å²) in [7, 11) is 0. The van der Waals surface area contributed by atoms with Crippen LogP contribution < -0.4 is 10.1 Å². The molecule has 2 rings (SSSR count). The minimum atomic E-state index is -0.360. The Bertz CT molecular complexity index is 613. The monoisotopic (exact) mass is 288 g/mol. The van der Waals surface area contributed by atoms with Crippen molar-refractivity contribution in [3.8, 4) is 5.75 Å². The number of nitrogens with one attached hydrogen (secondary N) is 1. The van der Waals surface area contributed by atoms with E-state index >= 15 is 0 Å². The maximum atomic E-state index is 11.0. The lowest BCUT2D eigenvalue weighted by Gasteiger charge is -2.10. The first-order chi connectivity index (χ1) is 10.2. The second kappa shape index (κ2) is 7.59. The average Bonchev–Trinajstić information content (AvgIpc) is 2.50. The minimum absolute atomic E-state index is 0.113. The topological polar surface area (TPSA) is 64.4 Å². The van der Waals surface area contributed by atoms with E-state index < -0.39 is 0 Å². The summed E-state index contributed by atoms with van der Waals surface area (Å²) in [5, 5.41) is 15.8. The van der Waals surface area contributed by atoms with E-state index in [1.54, 1.807) is 18.2 Å². The van der Waals surface area contributed by atoms with Crippen LogP contribution in [0.1, 0.15) is 19.8 Å². The molecule has 0 spiro atoms. The van der Waals surface area contributed by atoms with E-state index in [4.69, 9.17) is 4.74 Å². The predicted molar refractivity (Wildman–Crippen MR) is 83.9 cm³/mol. The number of fused-ring (bicyclic) bond motifs is 1. The third kappa shape index (κ3) is 3.92. The summed E-state index contributed by atoms with van der Waals surface area (Å²) in [6, 6.07) is 10.5. The minimum Gasteiger partial charge on any atom is -0.493 e. The van der Waals surface area contributed by atoms with Crippen LogP contribution in [0.2, 0.25) is 0 Å². The molecule has 1 N–H and O–H groups in total. The van der Waals surface area contributed by atoms with Crippen molar-refractivity contribution < 1.29 is 9.66 Å². The number of nitro groups is 1. The largest absolute Gasteiger partial charge is 0.493 e. The average molecular weight is 288 g/mol. The van der Waals surface area contributed by atoms with E-state index in [0.717, 1.165) is 31.3 Å². The Labute approximate surface area is 124 Å². The molecule has 0 bridgehead atoms. The second-order valence-corrected chi connectivity index (χ2v) is 4.84. The molecule has 0 atom stereocenters. The van der Waals surface area contributed by atoms with Gasteiger partial charge in [0, 0.05) is 11.5 Å². The molecular formula is C16H20N2O3. The summed E-state index contributed by atoms with van der Waals surface area (Å²) >= 11 is 0. The molecule has 0 saturated carbocycles. The van der Waals surface area contributed by atoms with Gasteiger partial charge in [0.1, 0.15) is 5.75 Å². The Morgan fingerprint density at radius 2 is 1.90 bits per heavy atom. The van der Waals surface area contributed by atoms with E-state index in [0.29, 0.717) is 17.7 Å². The fourth-order valence-corrected chi connectivity index (χ4v) is 2.22. The summed E-state index contributed by atoms with van der Waals surface area (Å²) < 4.78 is 5.77. The van der Waals surface area contributed by atoms with E-state index in [9.17, 15) is 10.1 Å². The van der Waals surface area contributed by atoms with Crippen LogP contribution in [0.4, 0.5) is 5.69 Å². The first-order valence-corrected chi connectivity index (χ1v) is 7.23. The fourth-order valence-electron chi connectivity index (χ4n) is 2.22. The number of benzene rings is 2. The van der Waals surface area contributed by atoms with Crippen LogP contribution in [0.3, 0.4) is 0 Å². The summed E-state index contributed by atoms with van der Waals surface area (Å²) in [6.45, 7) is 4.66. The zero-order valence-corrected chi connectivity index (χ0v) is 12.2. The Hall–Kier alpha value is -2.14. The zero-order valence-electron chi connectivity index (χ0n) is 12.2. The predicted octanol–water partition coefficient (Wildman–Crippen LogP) is 3.52. The molecule has 5 heteroatoms. The lowest BCUT2D eigenvalue weighted by atomic mass is 10.1.